The number of carbonyl (C=O) groups is 1. The van der Waals surface area contributed by atoms with Crippen LogP contribution in [0.4, 0.5) is 4.79 Å². The Labute approximate surface area is 101 Å². The van der Waals surface area contributed by atoms with E-state index in [0.717, 1.165) is 4.90 Å². The largest absolute Gasteiger partial charge is 0.341 e. The molecule has 4 heteroatoms. The fourth-order valence-electron chi connectivity index (χ4n) is 1.33. The Hall–Kier alpha value is -1.16. The molecule has 16 heavy (non-hydrogen) atoms. The van der Waals surface area contributed by atoms with Crippen LogP contribution >= 0.6 is 11.9 Å². The third kappa shape index (κ3) is 3.45. The van der Waals surface area contributed by atoms with Gasteiger partial charge in [-0.25, -0.2) is 4.79 Å². The van der Waals surface area contributed by atoms with E-state index < -0.39 is 0 Å². The number of hydrogen-bond donors (Lipinski definition) is 2. The summed E-state index contributed by atoms with van der Waals surface area (Å²) in [5, 5.41) is 2.52. The fraction of sp³-hybridized carbons (Fsp3) is 0.417. The van der Waals surface area contributed by atoms with Crippen molar-refractivity contribution in [3.63, 3.8) is 0 Å². The zero-order valence-electron chi connectivity index (χ0n) is 10.1. The summed E-state index contributed by atoms with van der Waals surface area (Å²) in [6, 6.07) is 7.91. The maximum absolute atomic E-state index is 11.1. The van der Waals surface area contributed by atoms with E-state index in [1.54, 1.807) is 7.05 Å². The number of benzene rings is 1. The minimum atomic E-state index is -0.186. The highest BCUT2D eigenvalue weighted by Crippen LogP contribution is 2.30. The Morgan fingerprint density at radius 1 is 1.25 bits per heavy atom. The van der Waals surface area contributed by atoms with Crippen LogP contribution in [-0.4, -0.2) is 13.1 Å². The molecule has 0 fully saturated rings. The molecular weight excluding hydrogens is 220 g/mol. The van der Waals surface area contributed by atoms with E-state index in [4.69, 9.17) is 0 Å². The molecule has 0 saturated carbocycles. The highest BCUT2D eigenvalue weighted by atomic mass is 32.2. The van der Waals surface area contributed by atoms with Crippen LogP contribution in [-0.2, 0) is 5.41 Å². The van der Waals surface area contributed by atoms with Crippen LogP contribution in [0.2, 0.25) is 0 Å². The number of urea groups is 1. The molecule has 0 bridgehead atoms. The van der Waals surface area contributed by atoms with E-state index in [0.29, 0.717) is 0 Å². The third-order valence-electron chi connectivity index (χ3n) is 2.18. The molecule has 0 aliphatic heterocycles. The quantitative estimate of drug-likeness (QED) is 0.778. The summed E-state index contributed by atoms with van der Waals surface area (Å²) in [6.07, 6.45) is 0. The van der Waals surface area contributed by atoms with Gasteiger partial charge in [0.2, 0.25) is 0 Å². The molecule has 1 aromatic rings. The number of carbonyl (C=O) groups excluding carboxylic acids is 1. The van der Waals surface area contributed by atoms with Crippen molar-refractivity contribution < 1.29 is 4.79 Å². The Kier molecular flexibility index (Phi) is 4.24. The average Bonchev–Trinajstić information content (AvgIpc) is 2.25. The van der Waals surface area contributed by atoms with Gasteiger partial charge in [-0.05, 0) is 29.0 Å². The monoisotopic (exact) mass is 238 g/mol. The number of rotatable bonds is 2. The smallest absolute Gasteiger partial charge is 0.324 e. The van der Waals surface area contributed by atoms with Gasteiger partial charge in [0.05, 0.1) is 0 Å². The maximum Gasteiger partial charge on any atom is 0.324 e. The van der Waals surface area contributed by atoms with Crippen molar-refractivity contribution in [3.05, 3.63) is 29.8 Å². The minimum Gasteiger partial charge on any atom is -0.341 e. The van der Waals surface area contributed by atoms with E-state index in [1.165, 1.54) is 17.5 Å². The first-order valence-corrected chi connectivity index (χ1v) is 6.01. The summed E-state index contributed by atoms with van der Waals surface area (Å²) >= 11 is 1.34. The van der Waals surface area contributed by atoms with E-state index in [2.05, 4.69) is 36.9 Å². The summed E-state index contributed by atoms with van der Waals surface area (Å²) in [5.41, 5.74) is 1.31. The molecule has 88 valence electrons. The average molecular weight is 238 g/mol. The van der Waals surface area contributed by atoms with Crippen LogP contribution in [0.15, 0.2) is 29.2 Å². The van der Waals surface area contributed by atoms with Gasteiger partial charge < -0.3 is 5.32 Å². The summed E-state index contributed by atoms with van der Waals surface area (Å²) in [4.78, 5) is 12.2. The van der Waals surface area contributed by atoms with Gasteiger partial charge in [-0.2, -0.15) is 0 Å². The zero-order valence-corrected chi connectivity index (χ0v) is 10.9. The summed E-state index contributed by atoms with van der Waals surface area (Å²) in [5.74, 6) is 0. The number of hydrogen-bond acceptors (Lipinski definition) is 2. The topological polar surface area (TPSA) is 41.1 Å². The van der Waals surface area contributed by atoms with Gasteiger partial charge in [0.25, 0.3) is 0 Å². The molecule has 0 spiro atoms. The zero-order chi connectivity index (χ0) is 12.2. The van der Waals surface area contributed by atoms with Gasteiger partial charge in [-0.15, -0.1) is 0 Å². The lowest BCUT2D eigenvalue weighted by molar-refractivity contribution is 0.248. The molecule has 3 nitrogen and oxygen atoms in total. The minimum absolute atomic E-state index is 0.0773. The van der Waals surface area contributed by atoms with Crippen LogP contribution in [0.1, 0.15) is 26.3 Å². The Bertz CT molecular complexity index is 372. The number of nitrogens with one attached hydrogen (secondary N) is 2. The molecule has 1 aromatic carbocycles. The second-order valence-corrected chi connectivity index (χ2v) is 5.38. The summed E-state index contributed by atoms with van der Waals surface area (Å²) in [7, 11) is 1.60. The van der Waals surface area contributed by atoms with E-state index in [9.17, 15) is 4.79 Å². The van der Waals surface area contributed by atoms with Crippen molar-refractivity contribution in [3.8, 4) is 0 Å². The van der Waals surface area contributed by atoms with Crippen LogP contribution in [0.25, 0.3) is 0 Å². The van der Waals surface area contributed by atoms with Gasteiger partial charge in [0, 0.05) is 11.9 Å². The van der Waals surface area contributed by atoms with Crippen molar-refractivity contribution in [2.75, 3.05) is 7.05 Å². The third-order valence-corrected chi connectivity index (χ3v) is 3.04. The molecular formula is C12H18N2OS. The van der Waals surface area contributed by atoms with Crippen LogP contribution in [0.3, 0.4) is 0 Å². The van der Waals surface area contributed by atoms with Gasteiger partial charge in [-0.1, -0.05) is 39.0 Å². The second-order valence-electron chi connectivity index (χ2n) is 4.53. The van der Waals surface area contributed by atoms with Crippen molar-refractivity contribution >= 4 is 18.0 Å². The van der Waals surface area contributed by atoms with Gasteiger partial charge >= 0.3 is 6.03 Å². The maximum atomic E-state index is 11.1. The molecule has 0 unspecified atom stereocenters. The molecule has 2 N–H and O–H groups in total. The van der Waals surface area contributed by atoms with Crippen molar-refractivity contribution in [2.45, 2.75) is 31.1 Å². The van der Waals surface area contributed by atoms with Crippen molar-refractivity contribution in [1.29, 1.82) is 0 Å². The Balaban J connectivity index is 2.84. The number of amides is 2. The van der Waals surface area contributed by atoms with Crippen LogP contribution in [0, 0.1) is 0 Å². The lowest BCUT2D eigenvalue weighted by atomic mass is 9.87. The van der Waals surface area contributed by atoms with Gasteiger partial charge in [0.15, 0.2) is 0 Å². The molecule has 0 radical (unpaired) electrons. The van der Waals surface area contributed by atoms with E-state index in [-0.39, 0.29) is 11.4 Å². The fourth-order valence-corrected chi connectivity index (χ4v) is 2.26. The first kappa shape index (κ1) is 12.9. The van der Waals surface area contributed by atoms with Crippen LogP contribution < -0.4 is 10.0 Å². The summed E-state index contributed by atoms with van der Waals surface area (Å²) < 4.78 is 2.73. The predicted octanol–water partition coefficient (Wildman–Crippen LogP) is 2.92. The summed E-state index contributed by atoms with van der Waals surface area (Å²) in [6.45, 7) is 6.48. The van der Waals surface area contributed by atoms with Crippen molar-refractivity contribution in [2.24, 2.45) is 0 Å². The molecule has 2 amide bonds. The lowest BCUT2D eigenvalue weighted by Gasteiger charge is -2.22. The van der Waals surface area contributed by atoms with E-state index >= 15 is 0 Å². The van der Waals surface area contributed by atoms with Gasteiger partial charge in [-0.3, -0.25) is 4.72 Å². The molecule has 0 heterocycles. The molecule has 1 rings (SSSR count). The standard InChI is InChI=1S/C12H18N2OS/c1-12(2,3)9-7-5-6-8-10(9)16-14-11(15)13-4/h5-8H,1-4H3,(H2,13,14,15). The van der Waals surface area contributed by atoms with Crippen LogP contribution in [0.5, 0.6) is 0 Å². The molecule has 0 aromatic heterocycles. The highest BCUT2D eigenvalue weighted by Gasteiger charge is 2.17. The lowest BCUT2D eigenvalue weighted by Crippen LogP contribution is -2.27. The van der Waals surface area contributed by atoms with Gasteiger partial charge in [0.1, 0.15) is 0 Å². The van der Waals surface area contributed by atoms with Crippen molar-refractivity contribution in [1.82, 2.24) is 10.0 Å². The second kappa shape index (κ2) is 5.25. The first-order valence-electron chi connectivity index (χ1n) is 5.19. The molecule has 0 atom stereocenters. The molecule has 0 aliphatic rings. The normalized spacial score (nSPS) is 11.0. The highest BCUT2D eigenvalue weighted by molar-refractivity contribution is 7.98. The van der Waals surface area contributed by atoms with E-state index in [1.807, 2.05) is 18.2 Å². The first-order chi connectivity index (χ1) is 7.45. The Morgan fingerprint density at radius 3 is 2.44 bits per heavy atom. The predicted molar refractivity (Wildman–Crippen MR) is 68.6 cm³/mol. The Morgan fingerprint density at radius 2 is 1.88 bits per heavy atom. The SMILES string of the molecule is CNC(=O)NSc1ccccc1C(C)(C)C. The molecule has 0 saturated heterocycles. The molecule has 0 aliphatic carbocycles.